The average Bonchev–Trinajstić information content (AvgIpc) is 2.06. The Labute approximate surface area is 102 Å². The fraction of sp³-hybridized carbons (Fsp3) is 0. The maximum atomic E-state index is 13.1. The number of nitro groups is 1. The Morgan fingerprint density at radius 2 is 2.00 bits per heavy atom. The minimum absolute atomic E-state index is 0.270. The van der Waals surface area contributed by atoms with Crippen LogP contribution in [0.25, 0.3) is 0 Å². The summed E-state index contributed by atoms with van der Waals surface area (Å²) in [6.07, 6.45) is 0. The van der Waals surface area contributed by atoms with E-state index in [1.807, 2.05) is 0 Å². The van der Waals surface area contributed by atoms with Crippen molar-refractivity contribution in [3.63, 3.8) is 0 Å². The Hall–Kier alpha value is -0.480. The van der Waals surface area contributed by atoms with Gasteiger partial charge in [0.05, 0.1) is 14.6 Å². The number of rotatable bonds is 2. The van der Waals surface area contributed by atoms with Crippen molar-refractivity contribution in [3.8, 4) is 0 Å². The van der Waals surface area contributed by atoms with Crippen LogP contribution in [-0.4, -0.2) is 13.3 Å². The van der Waals surface area contributed by atoms with Crippen LogP contribution in [0.15, 0.2) is 17.0 Å². The normalized spacial score (nSPS) is 11.4. The largest absolute Gasteiger partial charge is 0.273 e. The van der Waals surface area contributed by atoms with Crippen molar-refractivity contribution in [1.82, 2.24) is 0 Å². The van der Waals surface area contributed by atoms with Gasteiger partial charge in [-0.2, -0.15) is 0 Å². The molecule has 1 rings (SSSR count). The van der Waals surface area contributed by atoms with Crippen molar-refractivity contribution in [3.05, 3.63) is 31.6 Å². The summed E-state index contributed by atoms with van der Waals surface area (Å²) in [4.78, 5) is 8.84. The van der Waals surface area contributed by atoms with Crippen LogP contribution in [0.2, 0.25) is 0 Å². The first-order valence-electron chi connectivity index (χ1n) is 3.31. The molecule has 0 amide bonds. The van der Waals surface area contributed by atoms with Gasteiger partial charge in [0.1, 0.15) is 10.7 Å². The molecular formula is C6H2ClFINO4S. The van der Waals surface area contributed by atoms with Gasteiger partial charge in [-0.05, 0) is 22.6 Å². The summed E-state index contributed by atoms with van der Waals surface area (Å²) in [5.74, 6) is -0.996. The molecule has 0 aliphatic heterocycles. The van der Waals surface area contributed by atoms with Crippen LogP contribution in [0.1, 0.15) is 0 Å². The zero-order valence-electron chi connectivity index (χ0n) is 6.78. The van der Waals surface area contributed by atoms with Gasteiger partial charge in [-0.15, -0.1) is 0 Å². The van der Waals surface area contributed by atoms with Crippen molar-refractivity contribution in [2.75, 3.05) is 0 Å². The molecule has 5 nitrogen and oxygen atoms in total. The molecule has 0 atom stereocenters. The second-order valence-electron chi connectivity index (χ2n) is 2.43. The third-order valence-corrected chi connectivity index (χ3v) is 4.26. The van der Waals surface area contributed by atoms with Crippen molar-refractivity contribution in [2.45, 2.75) is 4.90 Å². The van der Waals surface area contributed by atoms with Crippen LogP contribution >= 0.6 is 33.3 Å². The van der Waals surface area contributed by atoms with E-state index in [9.17, 15) is 22.9 Å². The molecule has 0 bridgehead atoms. The van der Waals surface area contributed by atoms with Gasteiger partial charge in [-0.25, -0.2) is 12.8 Å². The highest BCUT2D eigenvalue weighted by Crippen LogP contribution is 2.28. The minimum atomic E-state index is -4.19. The topological polar surface area (TPSA) is 77.3 Å². The first-order valence-corrected chi connectivity index (χ1v) is 6.70. The molecule has 0 aliphatic carbocycles. The molecule has 15 heavy (non-hydrogen) atoms. The minimum Gasteiger partial charge on any atom is -0.258 e. The summed E-state index contributed by atoms with van der Waals surface area (Å²) in [7, 11) is 0.799. The molecule has 82 valence electrons. The van der Waals surface area contributed by atoms with E-state index in [0.29, 0.717) is 12.1 Å². The van der Waals surface area contributed by atoms with E-state index in [2.05, 4.69) is 0 Å². The lowest BCUT2D eigenvalue weighted by molar-refractivity contribution is -0.385. The van der Waals surface area contributed by atoms with Crippen LogP contribution in [0.3, 0.4) is 0 Å². The van der Waals surface area contributed by atoms with Crippen molar-refractivity contribution in [2.24, 2.45) is 0 Å². The first-order chi connectivity index (χ1) is 6.73. The summed E-state index contributed by atoms with van der Waals surface area (Å²) in [6.45, 7) is 0. The number of hydrogen-bond donors (Lipinski definition) is 0. The van der Waals surface area contributed by atoms with Crippen molar-refractivity contribution < 1.29 is 17.7 Å². The van der Waals surface area contributed by atoms with Crippen LogP contribution in [0.4, 0.5) is 10.1 Å². The zero-order chi connectivity index (χ0) is 11.8. The number of nitrogens with zero attached hydrogens (tertiary/aromatic N) is 1. The van der Waals surface area contributed by atoms with E-state index < -0.39 is 30.4 Å². The molecule has 1 aromatic rings. The molecular weight excluding hydrogens is 363 g/mol. The van der Waals surface area contributed by atoms with Crippen LogP contribution in [0, 0.1) is 19.5 Å². The molecule has 0 unspecified atom stereocenters. The number of halogens is 3. The molecule has 1 aromatic carbocycles. The molecule has 0 heterocycles. The van der Waals surface area contributed by atoms with Gasteiger partial charge in [0, 0.05) is 16.7 Å². The summed E-state index contributed by atoms with van der Waals surface area (Å²) in [5, 5.41) is 10.3. The zero-order valence-corrected chi connectivity index (χ0v) is 10.5. The Bertz CT molecular complexity index is 532. The fourth-order valence-electron chi connectivity index (χ4n) is 0.833. The Morgan fingerprint density at radius 1 is 1.47 bits per heavy atom. The maximum absolute atomic E-state index is 13.1. The predicted octanol–water partition coefficient (Wildman–Crippen LogP) is 2.27. The van der Waals surface area contributed by atoms with Crippen molar-refractivity contribution >= 4 is 48.0 Å². The number of hydrogen-bond acceptors (Lipinski definition) is 4. The third-order valence-electron chi connectivity index (χ3n) is 1.45. The lowest BCUT2D eigenvalue weighted by Gasteiger charge is -2.01. The molecule has 0 aromatic heterocycles. The predicted molar refractivity (Wildman–Crippen MR) is 58.8 cm³/mol. The molecule has 0 radical (unpaired) electrons. The number of nitro benzene ring substituents is 1. The van der Waals surface area contributed by atoms with Gasteiger partial charge < -0.3 is 0 Å². The monoisotopic (exact) mass is 365 g/mol. The van der Waals surface area contributed by atoms with E-state index in [1.54, 1.807) is 0 Å². The summed E-state index contributed by atoms with van der Waals surface area (Å²) in [6, 6.07) is 1.35. The smallest absolute Gasteiger partial charge is 0.258 e. The second kappa shape index (κ2) is 4.18. The van der Waals surface area contributed by atoms with Gasteiger partial charge in [0.25, 0.3) is 14.7 Å². The number of benzene rings is 1. The summed E-state index contributed by atoms with van der Waals surface area (Å²) >= 11 is 1.41. The quantitative estimate of drug-likeness (QED) is 0.349. The SMILES string of the molecule is O=[N+]([O-])c1cc(F)c(I)c(S(=O)(=O)Cl)c1. The van der Waals surface area contributed by atoms with Gasteiger partial charge >= 0.3 is 0 Å². The molecule has 0 saturated carbocycles. The standard InChI is InChI=1S/C6H2ClFINO4S/c7-15(13,14)5-2-3(10(11)12)1-4(8)6(5)9/h1-2H. The molecule has 0 saturated heterocycles. The van der Waals surface area contributed by atoms with Gasteiger partial charge in [0.15, 0.2) is 0 Å². The highest BCUT2D eigenvalue weighted by molar-refractivity contribution is 14.1. The Balaban J connectivity index is 3.59. The van der Waals surface area contributed by atoms with E-state index in [-0.39, 0.29) is 3.57 Å². The average molecular weight is 366 g/mol. The summed E-state index contributed by atoms with van der Waals surface area (Å²) < 4.78 is 34.7. The van der Waals surface area contributed by atoms with Crippen LogP contribution in [0.5, 0.6) is 0 Å². The summed E-state index contributed by atoms with van der Waals surface area (Å²) in [5.41, 5.74) is -0.660. The Kier molecular flexibility index (Phi) is 3.51. The first kappa shape index (κ1) is 12.6. The third kappa shape index (κ3) is 2.75. The van der Waals surface area contributed by atoms with Gasteiger partial charge in [-0.1, -0.05) is 0 Å². The van der Waals surface area contributed by atoms with E-state index in [0.717, 1.165) is 0 Å². The Morgan fingerprint density at radius 3 is 2.40 bits per heavy atom. The molecule has 9 heteroatoms. The molecule has 0 spiro atoms. The van der Waals surface area contributed by atoms with Gasteiger partial charge in [0.2, 0.25) is 0 Å². The fourth-order valence-corrected chi connectivity index (χ4v) is 3.34. The van der Waals surface area contributed by atoms with Crippen LogP contribution in [-0.2, 0) is 9.05 Å². The van der Waals surface area contributed by atoms with Gasteiger partial charge in [-0.3, -0.25) is 10.1 Å². The van der Waals surface area contributed by atoms with Crippen molar-refractivity contribution in [1.29, 1.82) is 0 Å². The lowest BCUT2D eigenvalue weighted by atomic mass is 10.3. The van der Waals surface area contributed by atoms with E-state index in [1.165, 1.54) is 22.6 Å². The molecule has 0 fully saturated rings. The highest BCUT2D eigenvalue weighted by atomic mass is 127. The van der Waals surface area contributed by atoms with E-state index >= 15 is 0 Å². The maximum Gasteiger partial charge on any atom is 0.273 e. The second-order valence-corrected chi connectivity index (χ2v) is 6.05. The lowest BCUT2D eigenvalue weighted by Crippen LogP contribution is -2.00. The highest BCUT2D eigenvalue weighted by Gasteiger charge is 2.22. The number of non-ortho nitro benzene ring substituents is 1. The van der Waals surface area contributed by atoms with Crippen LogP contribution < -0.4 is 0 Å². The molecule has 0 N–H and O–H groups in total. The molecule has 0 aliphatic rings. The van der Waals surface area contributed by atoms with E-state index in [4.69, 9.17) is 10.7 Å².